The SMILES string of the molecule is CCN(CC)CCCc1c(N)ccc2oc(NC)nc12. The number of nitrogens with two attached hydrogens (primary N) is 1. The maximum Gasteiger partial charge on any atom is 0.295 e. The van der Waals surface area contributed by atoms with Gasteiger partial charge in [-0.25, -0.2) is 0 Å². The molecule has 110 valence electrons. The molecule has 0 spiro atoms. The predicted molar refractivity (Wildman–Crippen MR) is 84.1 cm³/mol. The lowest BCUT2D eigenvalue weighted by Crippen LogP contribution is -2.24. The number of benzene rings is 1. The van der Waals surface area contributed by atoms with Crippen molar-refractivity contribution in [2.24, 2.45) is 0 Å². The number of rotatable bonds is 7. The van der Waals surface area contributed by atoms with E-state index in [1.54, 1.807) is 7.05 Å². The fourth-order valence-corrected chi connectivity index (χ4v) is 2.45. The van der Waals surface area contributed by atoms with Crippen molar-refractivity contribution in [3.05, 3.63) is 17.7 Å². The van der Waals surface area contributed by atoms with Gasteiger partial charge >= 0.3 is 0 Å². The van der Waals surface area contributed by atoms with Crippen molar-refractivity contribution in [1.29, 1.82) is 0 Å². The normalized spacial score (nSPS) is 11.4. The molecule has 0 saturated carbocycles. The van der Waals surface area contributed by atoms with Gasteiger partial charge in [0, 0.05) is 18.3 Å². The van der Waals surface area contributed by atoms with E-state index in [4.69, 9.17) is 10.2 Å². The van der Waals surface area contributed by atoms with Gasteiger partial charge in [-0.1, -0.05) is 13.8 Å². The summed E-state index contributed by atoms with van der Waals surface area (Å²) in [5, 5.41) is 2.93. The van der Waals surface area contributed by atoms with Crippen LogP contribution in [0.3, 0.4) is 0 Å². The van der Waals surface area contributed by atoms with E-state index in [9.17, 15) is 0 Å². The summed E-state index contributed by atoms with van der Waals surface area (Å²) in [4.78, 5) is 6.87. The highest BCUT2D eigenvalue weighted by atomic mass is 16.4. The van der Waals surface area contributed by atoms with E-state index in [1.165, 1.54) is 0 Å². The second-order valence-electron chi connectivity index (χ2n) is 4.88. The Kier molecular flexibility index (Phi) is 4.84. The fraction of sp³-hybridized carbons (Fsp3) is 0.533. The van der Waals surface area contributed by atoms with Gasteiger partial charge in [0.2, 0.25) is 0 Å². The molecule has 0 amide bonds. The minimum absolute atomic E-state index is 0.538. The van der Waals surface area contributed by atoms with E-state index in [0.29, 0.717) is 6.01 Å². The Morgan fingerprint density at radius 1 is 1.30 bits per heavy atom. The van der Waals surface area contributed by atoms with Crippen molar-refractivity contribution in [3.63, 3.8) is 0 Å². The van der Waals surface area contributed by atoms with Crippen molar-refractivity contribution >= 4 is 22.8 Å². The highest BCUT2D eigenvalue weighted by Gasteiger charge is 2.12. The van der Waals surface area contributed by atoms with E-state index in [2.05, 4.69) is 29.0 Å². The summed E-state index contributed by atoms with van der Waals surface area (Å²) in [6.45, 7) is 7.64. The average Bonchev–Trinajstić information content (AvgIpc) is 2.89. The Labute approximate surface area is 120 Å². The first-order valence-electron chi connectivity index (χ1n) is 7.27. The predicted octanol–water partition coefficient (Wildman–Crippen LogP) is 2.73. The van der Waals surface area contributed by atoms with Gasteiger partial charge in [-0.2, -0.15) is 4.98 Å². The molecule has 0 radical (unpaired) electrons. The molecular weight excluding hydrogens is 252 g/mol. The van der Waals surface area contributed by atoms with Gasteiger partial charge in [0.15, 0.2) is 5.58 Å². The number of nitrogens with one attached hydrogen (secondary N) is 1. The standard InChI is InChI=1S/C15H24N4O/c1-4-19(5-2)10-6-7-11-12(16)8-9-13-14(11)18-15(17-3)20-13/h8-9H,4-7,10,16H2,1-3H3,(H,17,18). The summed E-state index contributed by atoms with van der Waals surface area (Å²) in [5.74, 6) is 0. The number of aryl methyl sites for hydroxylation is 1. The number of anilines is 2. The molecule has 0 fully saturated rings. The first-order valence-corrected chi connectivity index (χ1v) is 7.27. The van der Waals surface area contributed by atoms with Crippen LogP contribution in [0, 0.1) is 0 Å². The van der Waals surface area contributed by atoms with Crippen LogP contribution in [0.2, 0.25) is 0 Å². The summed E-state index contributed by atoms with van der Waals surface area (Å²) in [5.41, 5.74) is 9.68. The highest BCUT2D eigenvalue weighted by molar-refractivity contribution is 5.83. The van der Waals surface area contributed by atoms with Gasteiger partial charge in [0.25, 0.3) is 6.01 Å². The number of nitrogen functional groups attached to an aromatic ring is 1. The van der Waals surface area contributed by atoms with Crippen molar-refractivity contribution < 1.29 is 4.42 Å². The van der Waals surface area contributed by atoms with E-state index < -0.39 is 0 Å². The molecule has 1 aromatic heterocycles. The van der Waals surface area contributed by atoms with Gasteiger partial charge in [0.1, 0.15) is 5.52 Å². The second-order valence-corrected chi connectivity index (χ2v) is 4.88. The molecule has 3 N–H and O–H groups in total. The molecule has 5 nitrogen and oxygen atoms in total. The molecule has 2 aromatic rings. The summed E-state index contributed by atoms with van der Waals surface area (Å²) in [6, 6.07) is 4.32. The molecule has 20 heavy (non-hydrogen) atoms. The second kappa shape index (κ2) is 6.61. The quantitative estimate of drug-likeness (QED) is 0.761. The molecule has 0 unspecified atom stereocenters. The number of hydrogen-bond donors (Lipinski definition) is 2. The monoisotopic (exact) mass is 276 g/mol. The zero-order valence-corrected chi connectivity index (χ0v) is 12.6. The lowest BCUT2D eigenvalue weighted by Gasteiger charge is -2.17. The van der Waals surface area contributed by atoms with Crippen LogP contribution in [0.25, 0.3) is 11.1 Å². The van der Waals surface area contributed by atoms with Crippen molar-refractivity contribution in [2.75, 3.05) is 37.7 Å². The van der Waals surface area contributed by atoms with Crippen molar-refractivity contribution in [2.45, 2.75) is 26.7 Å². The molecule has 0 atom stereocenters. The maximum atomic E-state index is 6.10. The molecule has 0 saturated heterocycles. The zero-order valence-electron chi connectivity index (χ0n) is 12.6. The molecule has 1 aromatic carbocycles. The maximum absolute atomic E-state index is 6.10. The van der Waals surface area contributed by atoms with Gasteiger partial charge in [-0.05, 0) is 44.6 Å². The van der Waals surface area contributed by atoms with Gasteiger partial charge in [0.05, 0.1) is 0 Å². The molecular formula is C15H24N4O. The summed E-state index contributed by atoms with van der Waals surface area (Å²) >= 11 is 0. The lowest BCUT2D eigenvalue weighted by atomic mass is 10.1. The Morgan fingerprint density at radius 2 is 2.05 bits per heavy atom. The van der Waals surface area contributed by atoms with Crippen LogP contribution in [-0.2, 0) is 6.42 Å². The van der Waals surface area contributed by atoms with E-state index in [1.807, 2.05) is 12.1 Å². The molecule has 2 rings (SSSR count). The largest absolute Gasteiger partial charge is 0.424 e. The molecule has 0 aliphatic heterocycles. The Bertz CT molecular complexity index is 560. The summed E-state index contributed by atoms with van der Waals surface area (Å²) < 4.78 is 5.59. The fourth-order valence-electron chi connectivity index (χ4n) is 2.45. The van der Waals surface area contributed by atoms with Crippen molar-refractivity contribution in [3.8, 4) is 0 Å². The highest BCUT2D eigenvalue weighted by Crippen LogP contribution is 2.27. The Hall–Kier alpha value is -1.75. The Balaban J connectivity index is 2.15. The van der Waals surface area contributed by atoms with Crippen LogP contribution in [-0.4, -0.2) is 36.6 Å². The van der Waals surface area contributed by atoms with Gasteiger partial charge < -0.3 is 20.4 Å². The van der Waals surface area contributed by atoms with E-state index >= 15 is 0 Å². The zero-order chi connectivity index (χ0) is 14.5. The van der Waals surface area contributed by atoms with Gasteiger partial charge in [-0.3, -0.25) is 0 Å². The first-order chi connectivity index (χ1) is 9.69. The molecule has 0 aliphatic carbocycles. The van der Waals surface area contributed by atoms with E-state index in [-0.39, 0.29) is 0 Å². The third-order valence-corrected chi connectivity index (χ3v) is 3.71. The minimum atomic E-state index is 0.538. The average molecular weight is 276 g/mol. The molecule has 0 aliphatic rings. The smallest absolute Gasteiger partial charge is 0.295 e. The first kappa shape index (κ1) is 14.7. The van der Waals surface area contributed by atoms with Crippen LogP contribution < -0.4 is 11.1 Å². The van der Waals surface area contributed by atoms with Crippen LogP contribution >= 0.6 is 0 Å². The molecule has 1 heterocycles. The van der Waals surface area contributed by atoms with E-state index in [0.717, 1.165) is 54.8 Å². The summed E-state index contributed by atoms with van der Waals surface area (Å²) in [6.07, 6.45) is 2.00. The van der Waals surface area contributed by atoms with Crippen molar-refractivity contribution in [1.82, 2.24) is 9.88 Å². The third-order valence-electron chi connectivity index (χ3n) is 3.71. The number of oxazole rings is 1. The molecule has 0 bridgehead atoms. The van der Waals surface area contributed by atoms with Crippen LogP contribution in [0.5, 0.6) is 0 Å². The topological polar surface area (TPSA) is 67.3 Å². The van der Waals surface area contributed by atoms with Crippen LogP contribution in [0.4, 0.5) is 11.7 Å². The molecule has 5 heteroatoms. The van der Waals surface area contributed by atoms with Crippen LogP contribution in [0.1, 0.15) is 25.8 Å². The number of aromatic nitrogens is 1. The van der Waals surface area contributed by atoms with Gasteiger partial charge in [-0.15, -0.1) is 0 Å². The number of nitrogens with zero attached hydrogens (tertiary/aromatic N) is 2. The number of fused-ring (bicyclic) bond motifs is 1. The van der Waals surface area contributed by atoms with Crippen LogP contribution in [0.15, 0.2) is 16.5 Å². The number of hydrogen-bond acceptors (Lipinski definition) is 5. The lowest BCUT2D eigenvalue weighted by molar-refractivity contribution is 0.300. The summed E-state index contributed by atoms with van der Waals surface area (Å²) in [7, 11) is 1.80. The minimum Gasteiger partial charge on any atom is -0.424 e. The third kappa shape index (κ3) is 3.04. The Morgan fingerprint density at radius 3 is 2.70 bits per heavy atom.